The van der Waals surface area contributed by atoms with E-state index in [-0.39, 0.29) is 18.1 Å². The smallest absolute Gasteiger partial charge is 0.326 e. The molecule has 0 spiro atoms. The average Bonchev–Trinajstić information content (AvgIpc) is 2.69. The summed E-state index contributed by atoms with van der Waals surface area (Å²) in [4.78, 5) is 13.8. The molecule has 0 atom stereocenters. The van der Waals surface area contributed by atoms with Crippen LogP contribution in [0.4, 0.5) is 15.8 Å². The minimum Gasteiger partial charge on any atom is -0.378 e. The van der Waals surface area contributed by atoms with Crippen LogP contribution in [-0.2, 0) is 19.7 Å². The molecule has 1 amide bonds. The molecule has 120 valence electrons. The zero-order valence-electron chi connectivity index (χ0n) is 12.0. The monoisotopic (exact) mass is 329 g/mol. The van der Waals surface area contributed by atoms with Crippen molar-refractivity contribution in [3.8, 4) is 0 Å². The van der Waals surface area contributed by atoms with Crippen molar-refractivity contribution in [1.29, 1.82) is 0 Å². The predicted octanol–water partition coefficient (Wildman–Crippen LogP) is 0.186. The maximum atomic E-state index is 13.5. The third kappa shape index (κ3) is 2.40. The number of amides is 1. The van der Waals surface area contributed by atoms with Crippen LogP contribution < -0.4 is 8.61 Å². The molecule has 9 heteroatoms. The minimum absolute atomic E-state index is 0.184. The number of fused-ring (bicyclic) bond motifs is 1. The van der Waals surface area contributed by atoms with Crippen LogP contribution in [0.5, 0.6) is 0 Å². The van der Waals surface area contributed by atoms with Crippen LogP contribution >= 0.6 is 0 Å². The lowest BCUT2D eigenvalue weighted by atomic mass is 10.2. The Kier molecular flexibility index (Phi) is 3.69. The Morgan fingerprint density at radius 2 is 1.95 bits per heavy atom. The number of anilines is 2. The lowest BCUT2D eigenvalue weighted by molar-refractivity contribution is -0.133. The summed E-state index contributed by atoms with van der Waals surface area (Å²) >= 11 is 0. The third-order valence-electron chi connectivity index (χ3n) is 3.81. The van der Waals surface area contributed by atoms with Crippen molar-refractivity contribution in [2.45, 2.75) is 0 Å². The molecule has 0 aromatic heterocycles. The topological polar surface area (TPSA) is 70.2 Å². The number of carbonyl (C=O) groups is 1. The van der Waals surface area contributed by atoms with Crippen LogP contribution in [0.1, 0.15) is 0 Å². The number of carbonyl (C=O) groups excluding carboxylic acids is 1. The van der Waals surface area contributed by atoms with E-state index in [1.165, 1.54) is 19.2 Å². The molecule has 0 bridgehead atoms. The van der Waals surface area contributed by atoms with E-state index < -0.39 is 16.0 Å². The lowest BCUT2D eigenvalue weighted by Gasteiger charge is -2.28. The fourth-order valence-electron chi connectivity index (χ4n) is 2.56. The van der Waals surface area contributed by atoms with Gasteiger partial charge in [0.1, 0.15) is 12.4 Å². The zero-order chi connectivity index (χ0) is 15.9. The quantitative estimate of drug-likeness (QED) is 0.776. The van der Waals surface area contributed by atoms with E-state index in [4.69, 9.17) is 4.74 Å². The maximum Gasteiger partial charge on any atom is 0.326 e. The highest BCUT2D eigenvalue weighted by Gasteiger charge is 2.40. The number of hydrogen-bond acceptors (Lipinski definition) is 4. The molecule has 1 fully saturated rings. The van der Waals surface area contributed by atoms with Crippen molar-refractivity contribution in [2.24, 2.45) is 0 Å². The molecule has 7 nitrogen and oxygen atoms in total. The van der Waals surface area contributed by atoms with Crippen LogP contribution in [0.2, 0.25) is 0 Å². The van der Waals surface area contributed by atoms with E-state index in [0.717, 1.165) is 14.7 Å². The molecular formula is C13H16FN3O4S. The van der Waals surface area contributed by atoms with Crippen LogP contribution in [0.25, 0.3) is 0 Å². The number of morpholine rings is 1. The highest BCUT2D eigenvalue weighted by molar-refractivity contribution is 7.94. The molecule has 2 aliphatic heterocycles. The van der Waals surface area contributed by atoms with Gasteiger partial charge < -0.3 is 9.64 Å². The summed E-state index contributed by atoms with van der Waals surface area (Å²) in [6.07, 6.45) is 0. The van der Waals surface area contributed by atoms with E-state index in [9.17, 15) is 17.6 Å². The van der Waals surface area contributed by atoms with E-state index >= 15 is 0 Å². The molecule has 0 aliphatic carbocycles. The van der Waals surface area contributed by atoms with Crippen LogP contribution in [0.3, 0.4) is 0 Å². The van der Waals surface area contributed by atoms with Crippen molar-refractivity contribution >= 4 is 27.5 Å². The molecular weight excluding hydrogens is 313 g/mol. The molecule has 22 heavy (non-hydrogen) atoms. The number of benzene rings is 1. The van der Waals surface area contributed by atoms with Gasteiger partial charge in [-0.15, -0.1) is 0 Å². The summed E-state index contributed by atoms with van der Waals surface area (Å²) in [5, 5.41) is 0. The van der Waals surface area contributed by atoms with Gasteiger partial charge in [-0.3, -0.25) is 9.10 Å². The zero-order valence-corrected chi connectivity index (χ0v) is 12.8. The average molecular weight is 329 g/mol. The Bertz CT molecular complexity index is 703. The first kappa shape index (κ1) is 15.0. The van der Waals surface area contributed by atoms with Crippen LogP contribution in [0.15, 0.2) is 18.2 Å². The van der Waals surface area contributed by atoms with Gasteiger partial charge in [0.15, 0.2) is 0 Å². The number of rotatable bonds is 2. The van der Waals surface area contributed by atoms with E-state index in [1.54, 1.807) is 4.90 Å². The fraction of sp³-hybridized carbons (Fsp3) is 0.462. The number of halogens is 1. The van der Waals surface area contributed by atoms with Crippen molar-refractivity contribution in [2.75, 3.05) is 48.5 Å². The second-order valence-electron chi connectivity index (χ2n) is 5.11. The van der Waals surface area contributed by atoms with Gasteiger partial charge in [0.25, 0.3) is 0 Å². The van der Waals surface area contributed by atoms with Crippen molar-refractivity contribution in [3.63, 3.8) is 0 Å². The van der Waals surface area contributed by atoms with E-state index in [1.807, 2.05) is 0 Å². The summed E-state index contributed by atoms with van der Waals surface area (Å²) in [7, 11) is -2.47. The van der Waals surface area contributed by atoms with Gasteiger partial charge in [0, 0.05) is 26.2 Å². The Morgan fingerprint density at radius 3 is 2.64 bits per heavy atom. The van der Waals surface area contributed by atoms with Gasteiger partial charge in [0.05, 0.1) is 24.6 Å². The molecule has 0 saturated carbocycles. The number of hydrogen-bond donors (Lipinski definition) is 0. The van der Waals surface area contributed by atoms with E-state index in [0.29, 0.717) is 32.0 Å². The van der Waals surface area contributed by atoms with Gasteiger partial charge >= 0.3 is 10.2 Å². The summed E-state index contributed by atoms with van der Waals surface area (Å²) in [6.45, 7) is 1.38. The summed E-state index contributed by atoms with van der Waals surface area (Å²) in [6, 6.07) is 3.71. The van der Waals surface area contributed by atoms with Gasteiger partial charge in [-0.25, -0.2) is 8.70 Å². The van der Waals surface area contributed by atoms with Gasteiger partial charge in [-0.05, 0) is 12.1 Å². The van der Waals surface area contributed by atoms with Gasteiger partial charge in [-0.2, -0.15) is 8.42 Å². The van der Waals surface area contributed by atoms with Crippen LogP contribution in [0, 0.1) is 5.82 Å². The molecule has 2 heterocycles. The SMILES string of the molecule is CN1c2ccc(F)cc2N(CC(=O)N2CCOCC2)S1(=O)=O. The molecule has 0 N–H and O–H groups in total. The van der Waals surface area contributed by atoms with Crippen LogP contribution in [-0.4, -0.2) is 59.1 Å². The predicted molar refractivity (Wildman–Crippen MR) is 78.5 cm³/mol. The molecule has 2 aliphatic rings. The summed E-state index contributed by atoms with van der Waals surface area (Å²) in [5.74, 6) is -0.870. The first-order valence-electron chi connectivity index (χ1n) is 6.83. The van der Waals surface area contributed by atoms with E-state index in [2.05, 4.69) is 0 Å². The molecule has 1 saturated heterocycles. The summed E-state index contributed by atoms with van der Waals surface area (Å²) in [5.41, 5.74) is 0.542. The Balaban J connectivity index is 1.89. The molecule has 0 unspecified atom stereocenters. The normalized spacial score (nSPS) is 20.2. The molecule has 0 radical (unpaired) electrons. The second-order valence-corrected chi connectivity index (χ2v) is 6.99. The Morgan fingerprint density at radius 1 is 1.27 bits per heavy atom. The van der Waals surface area contributed by atoms with Crippen molar-refractivity contribution in [1.82, 2.24) is 4.90 Å². The first-order chi connectivity index (χ1) is 10.4. The molecule has 1 aromatic carbocycles. The van der Waals surface area contributed by atoms with Gasteiger partial charge in [-0.1, -0.05) is 0 Å². The number of ether oxygens (including phenoxy) is 1. The second kappa shape index (κ2) is 5.40. The summed E-state index contributed by atoms with van der Waals surface area (Å²) < 4.78 is 45.4. The molecule has 1 aromatic rings. The fourth-order valence-corrected chi connectivity index (χ4v) is 3.93. The first-order valence-corrected chi connectivity index (χ1v) is 8.22. The van der Waals surface area contributed by atoms with Crippen molar-refractivity contribution < 1.29 is 22.3 Å². The molecule has 3 rings (SSSR count). The highest BCUT2D eigenvalue weighted by Crippen LogP contribution is 2.40. The lowest BCUT2D eigenvalue weighted by Crippen LogP contribution is -2.47. The standard InChI is InChI=1S/C13H16FN3O4S/c1-15-11-3-2-10(14)8-12(11)17(22(15,19)20)9-13(18)16-4-6-21-7-5-16/h2-3,8H,4-7,9H2,1H3. The Hall–Kier alpha value is -1.87. The van der Waals surface area contributed by atoms with Gasteiger partial charge in [0.2, 0.25) is 5.91 Å². The number of nitrogens with zero attached hydrogens (tertiary/aromatic N) is 3. The highest BCUT2D eigenvalue weighted by atomic mass is 32.2. The van der Waals surface area contributed by atoms with Crippen molar-refractivity contribution in [3.05, 3.63) is 24.0 Å². The Labute approximate surface area is 128 Å². The minimum atomic E-state index is -3.85. The maximum absolute atomic E-state index is 13.5. The third-order valence-corrected chi connectivity index (χ3v) is 5.58. The largest absolute Gasteiger partial charge is 0.378 e.